The molecule has 3 heterocycles. The number of fused-ring (bicyclic) bond motifs is 2. The van der Waals surface area contributed by atoms with E-state index >= 15 is 0 Å². The molecular formula is C37H31N3O6. The fourth-order valence-corrected chi connectivity index (χ4v) is 5.44. The lowest BCUT2D eigenvalue weighted by molar-refractivity contribution is 0.0923. The van der Waals surface area contributed by atoms with Crippen LogP contribution in [0, 0.1) is 13.8 Å². The molecule has 4 aromatic carbocycles. The molecule has 230 valence electrons. The van der Waals surface area contributed by atoms with E-state index in [0.717, 1.165) is 33.3 Å². The van der Waals surface area contributed by atoms with Crippen molar-refractivity contribution in [1.82, 2.24) is 9.99 Å². The van der Waals surface area contributed by atoms with Gasteiger partial charge in [-0.05, 0) is 96.9 Å². The smallest absolute Gasteiger partial charge is 0.307 e. The average Bonchev–Trinajstić information content (AvgIpc) is 3.83. The molecule has 1 aliphatic heterocycles. The summed E-state index contributed by atoms with van der Waals surface area (Å²) in [6.45, 7) is 4.86. The molecule has 0 unspecified atom stereocenters. The highest BCUT2D eigenvalue weighted by Gasteiger charge is 2.15. The van der Waals surface area contributed by atoms with Crippen LogP contribution in [0.25, 0.3) is 16.5 Å². The minimum Gasteiger partial charge on any atom is -0.488 e. The lowest BCUT2D eigenvalue weighted by atomic mass is 10.0. The molecule has 7 rings (SSSR count). The van der Waals surface area contributed by atoms with Gasteiger partial charge in [0.2, 0.25) is 6.79 Å². The number of furan rings is 1. The number of hydrogen-bond donors (Lipinski definition) is 1. The summed E-state index contributed by atoms with van der Waals surface area (Å²) >= 11 is 0. The first kappa shape index (κ1) is 28.8. The van der Waals surface area contributed by atoms with Crippen LogP contribution in [0.3, 0.4) is 0 Å². The number of carbonyl (C=O) groups excluding carboxylic acids is 1. The Labute approximate surface area is 265 Å². The molecule has 0 atom stereocenters. The third-order valence-corrected chi connectivity index (χ3v) is 7.75. The summed E-state index contributed by atoms with van der Waals surface area (Å²) < 4.78 is 30.9. The second kappa shape index (κ2) is 12.6. The molecule has 0 bridgehead atoms. The number of hydrazone groups is 1. The molecule has 1 amide bonds. The molecule has 0 spiro atoms. The van der Waals surface area contributed by atoms with E-state index in [4.69, 9.17) is 23.4 Å². The van der Waals surface area contributed by atoms with Crippen molar-refractivity contribution in [2.24, 2.45) is 5.10 Å². The Kier molecular flexibility index (Phi) is 7.87. The Morgan fingerprint density at radius 3 is 2.50 bits per heavy atom. The maximum atomic E-state index is 12.9. The van der Waals surface area contributed by atoms with Crippen LogP contribution in [0.2, 0.25) is 0 Å². The van der Waals surface area contributed by atoms with Crippen molar-refractivity contribution in [2.45, 2.75) is 27.1 Å². The van der Waals surface area contributed by atoms with Crippen LogP contribution in [-0.4, -0.2) is 23.5 Å². The van der Waals surface area contributed by atoms with Crippen molar-refractivity contribution in [1.29, 1.82) is 0 Å². The minimum atomic E-state index is -0.479. The zero-order chi connectivity index (χ0) is 31.5. The lowest BCUT2D eigenvalue weighted by Gasteiger charge is -2.12. The Morgan fingerprint density at radius 2 is 1.65 bits per heavy atom. The number of nitrogens with zero attached hydrogens (tertiary/aromatic N) is 2. The predicted molar refractivity (Wildman–Crippen MR) is 174 cm³/mol. The van der Waals surface area contributed by atoms with E-state index in [2.05, 4.69) is 41.1 Å². The number of ether oxygens (including phenoxy) is 4. The first-order chi connectivity index (χ1) is 22.5. The molecule has 2 aromatic heterocycles. The van der Waals surface area contributed by atoms with Gasteiger partial charge in [-0.15, -0.1) is 0 Å². The molecule has 1 aliphatic rings. The van der Waals surface area contributed by atoms with Gasteiger partial charge in [0.15, 0.2) is 17.3 Å². The van der Waals surface area contributed by atoms with Crippen LogP contribution in [0.5, 0.6) is 23.0 Å². The minimum absolute atomic E-state index is 0.127. The van der Waals surface area contributed by atoms with Gasteiger partial charge in [-0.3, -0.25) is 4.79 Å². The van der Waals surface area contributed by atoms with Gasteiger partial charge in [0, 0.05) is 22.6 Å². The summed E-state index contributed by atoms with van der Waals surface area (Å²) in [6.07, 6.45) is 1.59. The maximum absolute atomic E-state index is 12.9. The van der Waals surface area contributed by atoms with Gasteiger partial charge in [0.1, 0.15) is 30.5 Å². The first-order valence-corrected chi connectivity index (χ1v) is 14.9. The van der Waals surface area contributed by atoms with E-state index in [-0.39, 0.29) is 19.2 Å². The van der Waals surface area contributed by atoms with Crippen LogP contribution in [-0.2, 0) is 13.2 Å². The van der Waals surface area contributed by atoms with Gasteiger partial charge in [-0.1, -0.05) is 36.4 Å². The molecule has 9 heteroatoms. The Bertz CT molecular complexity index is 2040. The molecule has 9 nitrogen and oxygen atoms in total. The highest BCUT2D eigenvalue weighted by molar-refractivity contribution is 6.03. The normalized spacial score (nSPS) is 12.1. The Hall–Kier alpha value is -5.96. The summed E-state index contributed by atoms with van der Waals surface area (Å²) in [5.41, 5.74) is 7.64. The van der Waals surface area contributed by atoms with Gasteiger partial charge >= 0.3 is 5.91 Å². The van der Waals surface area contributed by atoms with Gasteiger partial charge in [-0.2, -0.15) is 5.10 Å². The van der Waals surface area contributed by atoms with Gasteiger partial charge in [-0.25, -0.2) is 5.43 Å². The average molecular weight is 614 g/mol. The zero-order valence-electron chi connectivity index (χ0n) is 25.4. The van der Waals surface area contributed by atoms with Crippen molar-refractivity contribution in [3.05, 3.63) is 137 Å². The summed E-state index contributed by atoms with van der Waals surface area (Å²) in [7, 11) is 0. The summed E-state index contributed by atoms with van der Waals surface area (Å²) in [6, 6.07) is 32.9. The largest absolute Gasteiger partial charge is 0.488 e. The van der Waals surface area contributed by atoms with E-state index in [1.807, 2.05) is 78.9 Å². The highest BCUT2D eigenvalue weighted by atomic mass is 16.7. The third kappa shape index (κ3) is 6.03. The SMILES string of the molecule is Cc1ccc(C)n1-c1ccc(OCc2ccc(C(=O)N/N=C/c3c(OCc4ccc5c(c4)OCO5)ccc4ccccc34)o2)cc1. The third-order valence-electron chi connectivity index (χ3n) is 7.75. The van der Waals surface area contributed by atoms with E-state index < -0.39 is 5.91 Å². The van der Waals surface area contributed by atoms with Crippen LogP contribution in [0.15, 0.2) is 113 Å². The maximum Gasteiger partial charge on any atom is 0.307 e. The number of benzene rings is 4. The van der Waals surface area contributed by atoms with Crippen LogP contribution in [0.1, 0.15) is 38.8 Å². The molecule has 6 aromatic rings. The molecule has 1 N–H and O–H groups in total. The number of aryl methyl sites for hydroxylation is 2. The highest BCUT2D eigenvalue weighted by Crippen LogP contribution is 2.33. The predicted octanol–water partition coefficient (Wildman–Crippen LogP) is 7.49. The Balaban J connectivity index is 0.992. The molecule has 0 aliphatic carbocycles. The van der Waals surface area contributed by atoms with E-state index in [0.29, 0.717) is 29.6 Å². The number of aromatic nitrogens is 1. The molecule has 0 radical (unpaired) electrons. The van der Waals surface area contributed by atoms with Crippen molar-refractivity contribution >= 4 is 22.9 Å². The summed E-state index contributed by atoms with van der Waals surface area (Å²) in [5.74, 6) is 2.91. The van der Waals surface area contributed by atoms with Gasteiger partial charge in [0.05, 0.1) is 6.21 Å². The van der Waals surface area contributed by atoms with Crippen LogP contribution in [0.4, 0.5) is 0 Å². The number of carbonyl (C=O) groups is 1. The molecule has 46 heavy (non-hydrogen) atoms. The number of amides is 1. The number of rotatable bonds is 10. The molecule has 0 fully saturated rings. The van der Waals surface area contributed by atoms with E-state index in [1.54, 1.807) is 18.3 Å². The van der Waals surface area contributed by atoms with Crippen LogP contribution < -0.4 is 24.4 Å². The monoisotopic (exact) mass is 613 g/mol. The van der Waals surface area contributed by atoms with Crippen molar-refractivity contribution in [2.75, 3.05) is 6.79 Å². The van der Waals surface area contributed by atoms with E-state index in [9.17, 15) is 4.79 Å². The van der Waals surface area contributed by atoms with Crippen LogP contribution >= 0.6 is 0 Å². The number of nitrogens with one attached hydrogen (secondary N) is 1. The second-order valence-corrected chi connectivity index (χ2v) is 10.9. The van der Waals surface area contributed by atoms with Gasteiger partial charge in [0.25, 0.3) is 0 Å². The van der Waals surface area contributed by atoms with Crippen molar-refractivity contribution < 1.29 is 28.2 Å². The quantitative estimate of drug-likeness (QED) is 0.127. The second-order valence-electron chi connectivity index (χ2n) is 10.9. The Morgan fingerprint density at radius 1 is 0.848 bits per heavy atom. The fraction of sp³-hybridized carbons (Fsp3) is 0.135. The van der Waals surface area contributed by atoms with Crippen molar-refractivity contribution in [3.63, 3.8) is 0 Å². The summed E-state index contributed by atoms with van der Waals surface area (Å²) in [4.78, 5) is 12.9. The standard InChI is InChI=1S/C37H31N3O6/c1-24-7-8-25(2)40(24)28-11-13-29(14-12-28)42-22-30-15-18-35(46-30)37(41)39-38-20-32-31-6-4-3-5-27(31)10-17-33(32)43-21-26-9-16-34-36(19-26)45-23-44-34/h3-20H,21-23H2,1-2H3,(H,39,41)/b38-20+. The molecule has 0 saturated carbocycles. The first-order valence-electron chi connectivity index (χ1n) is 14.9. The zero-order valence-corrected chi connectivity index (χ0v) is 25.4. The lowest BCUT2D eigenvalue weighted by Crippen LogP contribution is -2.17. The topological polar surface area (TPSA) is 96.5 Å². The number of hydrogen-bond acceptors (Lipinski definition) is 7. The van der Waals surface area contributed by atoms with Crippen molar-refractivity contribution in [3.8, 4) is 28.7 Å². The van der Waals surface area contributed by atoms with Gasteiger partial charge < -0.3 is 27.9 Å². The molecular weight excluding hydrogens is 582 g/mol. The fourth-order valence-electron chi connectivity index (χ4n) is 5.44. The molecule has 0 saturated heterocycles. The summed E-state index contributed by atoms with van der Waals surface area (Å²) in [5, 5.41) is 6.20. The van der Waals surface area contributed by atoms with E-state index in [1.165, 1.54) is 11.4 Å².